The number of anilines is 1. The molecule has 4 rings (SSSR count). The zero-order chi connectivity index (χ0) is 22.5. The summed E-state index contributed by atoms with van der Waals surface area (Å²) >= 11 is 6.10. The smallest absolute Gasteiger partial charge is 0.294 e. The topological polar surface area (TPSA) is 71.8 Å². The van der Waals surface area contributed by atoms with Crippen molar-refractivity contribution in [3.8, 4) is 5.75 Å². The van der Waals surface area contributed by atoms with Gasteiger partial charge in [-0.15, -0.1) is 0 Å². The molecule has 1 N–H and O–H groups in total. The first-order valence-corrected chi connectivity index (χ1v) is 11.0. The summed E-state index contributed by atoms with van der Waals surface area (Å²) in [6.07, 6.45) is 5.48. The van der Waals surface area contributed by atoms with Gasteiger partial charge in [-0.25, -0.2) is 0 Å². The predicted molar refractivity (Wildman–Crippen MR) is 123 cm³/mol. The van der Waals surface area contributed by atoms with Gasteiger partial charge < -0.3 is 14.5 Å². The van der Waals surface area contributed by atoms with Gasteiger partial charge in [0.1, 0.15) is 11.8 Å². The highest BCUT2D eigenvalue weighted by Gasteiger charge is 2.36. The van der Waals surface area contributed by atoms with Crippen LogP contribution in [-0.2, 0) is 4.79 Å². The van der Waals surface area contributed by atoms with Crippen molar-refractivity contribution in [2.75, 3.05) is 12.0 Å². The predicted octanol–water partition coefficient (Wildman–Crippen LogP) is 5.39. The Bertz CT molecular complexity index is 1060. The van der Waals surface area contributed by atoms with E-state index in [4.69, 9.17) is 20.8 Å². The van der Waals surface area contributed by atoms with Crippen LogP contribution in [0.15, 0.2) is 71.3 Å². The van der Waals surface area contributed by atoms with Crippen molar-refractivity contribution in [3.05, 3.63) is 83.3 Å². The van der Waals surface area contributed by atoms with Crippen LogP contribution in [-0.4, -0.2) is 25.0 Å². The number of benzene rings is 2. The highest BCUT2D eigenvalue weighted by atomic mass is 35.5. The molecular formula is C25H25ClN2O4. The number of carbonyl (C=O) groups excluding carboxylic acids is 2. The molecule has 166 valence electrons. The van der Waals surface area contributed by atoms with E-state index in [1.54, 1.807) is 67.8 Å². The van der Waals surface area contributed by atoms with Crippen LogP contribution in [0.5, 0.6) is 5.75 Å². The Kier molecular flexibility index (Phi) is 6.81. The molecule has 3 aromatic rings. The molecule has 6 nitrogen and oxygen atoms in total. The second-order valence-electron chi connectivity index (χ2n) is 7.80. The first-order valence-electron chi connectivity index (χ1n) is 10.6. The van der Waals surface area contributed by atoms with Gasteiger partial charge in [-0.05, 0) is 54.8 Å². The largest absolute Gasteiger partial charge is 0.497 e. The van der Waals surface area contributed by atoms with Crippen LogP contribution < -0.4 is 15.0 Å². The third-order valence-electron chi connectivity index (χ3n) is 5.68. The molecule has 0 bridgehead atoms. The number of nitrogens with zero attached hydrogens (tertiary/aromatic N) is 1. The summed E-state index contributed by atoms with van der Waals surface area (Å²) < 4.78 is 10.8. The fourth-order valence-corrected chi connectivity index (χ4v) is 4.20. The number of carbonyl (C=O) groups is 2. The summed E-state index contributed by atoms with van der Waals surface area (Å²) in [7, 11) is 1.56. The molecule has 1 atom stereocenters. The highest BCUT2D eigenvalue weighted by molar-refractivity contribution is 6.30. The third-order valence-corrected chi connectivity index (χ3v) is 5.93. The average molecular weight is 453 g/mol. The second kappa shape index (κ2) is 9.92. The van der Waals surface area contributed by atoms with Crippen LogP contribution in [0, 0.1) is 0 Å². The van der Waals surface area contributed by atoms with E-state index in [1.165, 1.54) is 11.2 Å². The number of rotatable bonds is 7. The molecule has 1 fully saturated rings. The fourth-order valence-electron chi connectivity index (χ4n) is 4.08. The molecule has 0 unspecified atom stereocenters. The number of nitrogens with one attached hydrogen (secondary N) is 1. The van der Waals surface area contributed by atoms with E-state index in [0.717, 1.165) is 25.7 Å². The summed E-state index contributed by atoms with van der Waals surface area (Å²) in [6, 6.07) is 16.5. The summed E-state index contributed by atoms with van der Waals surface area (Å²) in [4.78, 5) is 28.7. The first kappa shape index (κ1) is 22.0. The van der Waals surface area contributed by atoms with Gasteiger partial charge in [0.2, 0.25) is 5.91 Å². The van der Waals surface area contributed by atoms with Crippen LogP contribution >= 0.6 is 11.6 Å². The van der Waals surface area contributed by atoms with E-state index in [1.807, 2.05) is 0 Å². The van der Waals surface area contributed by atoms with Gasteiger partial charge in [0.25, 0.3) is 5.91 Å². The highest BCUT2D eigenvalue weighted by Crippen LogP contribution is 2.33. The molecule has 2 amide bonds. The molecule has 0 aliphatic heterocycles. The lowest BCUT2D eigenvalue weighted by atomic mass is 10.0. The molecule has 1 aromatic heterocycles. The molecular weight excluding hydrogens is 428 g/mol. The van der Waals surface area contributed by atoms with Gasteiger partial charge in [0, 0.05) is 22.8 Å². The minimum Gasteiger partial charge on any atom is -0.497 e. The van der Waals surface area contributed by atoms with Crippen LogP contribution in [0.25, 0.3) is 0 Å². The number of halogens is 1. The zero-order valence-corrected chi connectivity index (χ0v) is 18.5. The minimum atomic E-state index is -0.919. The number of ether oxygens (including phenoxy) is 1. The Hall–Kier alpha value is -3.25. The summed E-state index contributed by atoms with van der Waals surface area (Å²) in [5.41, 5.74) is 1.17. The lowest BCUT2D eigenvalue weighted by Crippen LogP contribution is -2.46. The summed E-state index contributed by atoms with van der Waals surface area (Å²) in [5, 5.41) is 3.69. The molecule has 0 radical (unpaired) electrons. The molecule has 0 saturated heterocycles. The normalized spacial score (nSPS) is 14.7. The van der Waals surface area contributed by atoms with Crippen LogP contribution in [0.1, 0.15) is 47.8 Å². The number of amides is 2. The Morgan fingerprint density at radius 3 is 2.50 bits per heavy atom. The standard InChI is InChI=1S/C25H25ClN2O4/c1-31-21-9-4-8-20(16-21)28(25(30)22-10-5-15-32-22)23(17-11-13-18(26)14-12-17)24(29)27-19-6-2-3-7-19/h4-5,8-16,19,23H,2-3,6-7H2,1H3,(H,27,29)/t23-/m0/s1. The molecule has 1 aliphatic carbocycles. The van der Waals surface area contributed by atoms with Crippen LogP contribution in [0.3, 0.4) is 0 Å². The maximum absolute atomic E-state index is 13.6. The molecule has 32 heavy (non-hydrogen) atoms. The van der Waals surface area contributed by atoms with Gasteiger partial charge in [0.05, 0.1) is 13.4 Å². The van der Waals surface area contributed by atoms with Gasteiger partial charge in [0.15, 0.2) is 5.76 Å². The van der Waals surface area contributed by atoms with Crippen LogP contribution in [0.4, 0.5) is 5.69 Å². The fraction of sp³-hybridized carbons (Fsp3) is 0.280. The maximum Gasteiger partial charge on any atom is 0.294 e. The van der Waals surface area contributed by atoms with E-state index in [2.05, 4.69) is 5.32 Å². The molecule has 0 spiro atoms. The van der Waals surface area contributed by atoms with Gasteiger partial charge in [-0.3, -0.25) is 14.5 Å². The summed E-state index contributed by atoms with van der Waals surface area (Å²) in [6.45, 7) is 0. The van der Waals surface area contributed by atoms with Gasteiger partial charge >= 0.3 is 0 Å². The molecule has 7 heteroatoms. The Morgan fingerprint density at radius 1 is 1.09 bits per heavy atom. The van der Waals surface area contributed by atoms with Crippen LogP contribution in [0.2, 0.25) is 5.02 Å². The Labute approximate surface area is 192 Å². The number of hydrogen-bond donors (Lipinski definition) is 1. The van der Waals surface area contributed by atoms with E-state index >= 15 is 0 Å². The quantitative estimate of drug-likeness (QED) is 0.521. The van der Waals surface area contributed by atoms with E-state index in [9.17, 15) is 9.59 Å². The lowest BCUT2D eigenvalue weighted by Gasteiger charge is -2.32. The number of hydrogen-bond acceptors (Lipinski definition) is 4. The van der Waals surface area contributed by atoms with Gasteiger partial charge in [-0.2, -0.15) is 0 Å². The second-order valence-corrected chi connectivity index (χ2v) is 8.23. The summed E-state index contributed by atoms with van der Waals surface area (Å²) in [5.74, 6) is 0.0398. The average Bonchev–Trinajstić information content (AvgIpc) is 3.52. The third kappa shape index (κ3) is 4.81. The molecule has 1 aliphatic rings. The van der Waals surface area contributed by atoms with Crippen molar-refractivity contribution >= 4 is 29.1 Å². The van der Waals surface area contributed by atoms with E-state index in [-0.39, 0.29) is 17.7 Å². The monoisotopic (exact) mass is 452 g/mol. The van der Waals surface area contributed by atoms with Crippen molar-refractivity contribution < 1.29 is 18.7 Å². The zero-order valence-electron chi connectivity index (χ0n) is 17.8. The number of furan rings is 1. The van der Waals surface area contributed by atoms with Gasteiger partial charge in [-0.1, -0.05) is 42.6 Å². The van der Waals surface area contributed by atoms with E-state index in [0.29, 0.717) is 22.0 Å². The minimum absolute atomic E-state index is 0.100. The SMILES string of the molecule is COc1cccc(N(C(=O)c2ccco2)[C@H](C(=O)NC2CCCC2)c2ccc(Cl)cc2)c1. The Morgan fingerprint density at radius 2 is 1.84 bits per heavy atom. The Balaban J connectivity index is 1.81. The van der Waals surface area contributed by atoms with E-state index < -0.39 is 11.9 Å². The maximum atomic E-state index is 13.6. The molecule has 1 saturated carbocycles. The van der Waals surface area contributed by atoms with Crippen molar-refractivity contribution in [2.45, 2.75) is 37.8 Å². The lowest BCUT2D eigenvalue weighted by molar-refractivity contribution is -0.123. The van der Waals surface area contributed by atoms with Crippen molar-refractivity contribution in [2.24, 2.45) is 0 Å². The molecule has 1 heterocycles. The van der Waals surface area contributed by atoms with Crippen molar-refractivity contribution in [1.82, 2.24) is 5.32 Å². The first-order chi connectivity index (χ1) is 15.6. The van der Waals surface area contributed by atoms with Crippen molar-refractivity contribution in [3.63, 3.8) is 0 Å². The number of methoxy groups -OCH3 is 1. The molecule has 2 aromatic carbocycles. The van der Waals surface area contributed by atoms with Crippen molar-refractivity contribution in [1.29, 1.82) is 0 Å².